The second-order valence-corrected chi connectivity index (χ2v) is 6.70. The summed E-state index contributed by atoms with van der Waals surface area (Å²) < 4.78 is 5.49. The van der Waals surface area contributed by atoms with Gasteiger partial charge in [-0.1, -0.05) is 23.7 Å². The SMILES string of the molecule is CCOc1cc(Cl)ccc1C(=O)Nc1ccccc1C(=O)Nc1nccs1. The summed E-state index contributed by atoms with van der Waals surface area (Å²) in [5.41, 5.74) is 1.04. The molecule has 3 rings (SSSR count). The molecule has 2 N–H and O–H groups in total. The van der Waals surface area contributed by atoms with Gasteiger partial charge in [-0.3, -0.25) is 14.9 Å². The van der Waals surface area contributed by atoms with Gasteiger partial charge in [-0.25, -0.2) is 4.98 Å². The molecule has 1 aromatic heterocycles. The summed E-state index contributed by atoms with van der Waals surface area (Å²) in [6.07, 6.45) is 1.60. The molecule has 6 nitrogen and oxygen atoms in total. The van der Waals surface area contributed by atoms with Gasteiger partial charge in [0.2, 0.25) is 0 Å². The van der Waals surface area contributed by atoms with Crippen LogP contribution in [0, 0.1) is 0 Å². The van der Waals surface area contributed by atoms with Crippen molar-refractivity contribution in [3.63, 3.8) is 0 Å². The van der Waals surface area contributed by atoms with E-state index < -0.39 is 5.91 Å². The van der Waals surface area contributed by atoms with E-state index in [-0.39, 0.29) is 5.91 Å². The zero-order valence-electron chi connectivity index (χ0n) is 14.4. The van der Waals surface area contributed by atoms with Crippen LogP contribution >= 0.6 is 22.9 Å². The molecule has 0 atom stereocenters. The molecule has 1 heterocycles. The highest BCUT2D eigenvalue weighted by atomic mass is 35.5. The van der Waals surface area contributed by atoms with E-state index in [4.69, 9.17) is 16.3 Å². The monoisotopic (exact) mass is 401 g/mol. The third kappa shape index (κ3) is 4.64. The van der Waals surface area contributed by atoms with Crippen LogP contribution in [-0.2, 0) is 0 Å². The minimum absolute atomic E-state index is 0.327. The first-order valence-electron chi connectivity index (χ1n) is 8.12. The molecule has 0 fully saturated rings. The maximum atomic E-state index is 12.7. The highest BCUT2D eigenvalue weighted by molar-refractivity contribution is 7.13. The molecule has 138 valence electrons. The Kier molecular flexibility index (Phi) is 6.05. The molecule has 0 radical (unpaired) electrons. The molecule has 3 aromatic rings. The van der Waals surface area contributed by atoms with Gasteiger partial charge in [0.1, 0.15) is 5.75 Å². The molecule has 0 saturated heterocycles. The number of aromatic nitrogens is 1. The maximum Gasteiger partial charge on any atom is 0.259 e. The van der Waals surface area contributed by atoms with Crippen molar-refractivity contribution in [1.82, 2.24) is 4.98 Å². The first-order chi connectivity index (χ1) is 13.1. The van der Waals surface area contributed by atoms with Crippen LogP contribution in [0.15, 0.2) is 54.0 Å². The Bertz CT molecular complexity index is 961. The van der Waals surface area contributed by atoms with Gasteiger partial charge in [0.25, 0.3) is 11.8 Å². The largest absolute Gasteiger partial charge is 0.493 e. The lowest BCUT2D eigenvalue weighted by molar-refractivity contribution is 0.102. The summed E-state index contributed by atoms with van der Waals surface area (Å²) in [7, 11) is 0. The van der Waals surface area contributed by atoms with Crippen molar-refractivity contribution in [1.29, 1.82) is 0 Å². The van der Waals surface area contributed by atoms with Crippen LogP contribution < -0.4 is 15.4 Å². The Morgan fingerprint density at radius 3 is 2.63 bits per heavy atom. The Balaban J connectivity index is 1.84. The average molecular weight is 402 g/mol. The van der Waals surface area contributed by atoms with Crippen LogP contribution in [0.25, 0.3) is 0 Å². The van der Waals surface area contributed by atoms with Gasteiger partial charge in [-0.15, -0.1) is 11.3 Å². The second-order valence-electron chi connectivity index (χ2n) is 5.36. The number of nitrogens with one attached hydrogen (secondary N) is 2. The van der Waals surface area contributed by atoms with Crippen LogP contribution in [0.2, 0.25) is 5.02 Å². The fourth-order valence-electron chi connectivity index (χ4n) is 2.39. The van der Waals surface area contributed by atoms with Crippen molar-refractivity contribution in [2.75, 3.05) is 17.2 Å². The first kappa shape index (κ1) is 18.9. The Hall–Kier alpha value is -2.90. The van der Waals surface area contributed by atoms with Crippen LogP contribution in [-0.4, -0.2) is 23.4 Å². The second kappa shape index (κ2) is 8.66. The predicted octanol–water partition coefficient (Wildman–Crippen LogP) is 4.70. The van der Waals surface area contributed by atoms with E-state index in [1.54, 1.807) is 54.0 Å². The lowest BCUT2D eigenvalue weighted by atomic mass is 10.1. The number of thiazole rings is 1. The topological polar surface area (TPSA) is 80.3 Å². The van der Waals surface area contributed by atoms with E-state index in [9.17, 15) is 9.59 Å². The fourth-order valence-corrected chi connectivity index (χ4v) is 3.07. The highest BCUT2D eigenvalue weighted by Crippen LogP contribution is 2.26. The molecule has 0 spiro atoms. The number of ether oxygens (including phenoxy) is 1. The van der Waals surface area contributed by atoms with E-state index in [0.717, 1.165) is 0 Å². The first-order valence-corrected chi connectivity index (χ1v) is 9.38. The number of anilines is 2. The van der Waals surface area contributed by atoms with Gasteiger partial charge in [0.05, 0.1) is 23.4 Å². The predicted molar refractivity (Wildman–Crippen MR) is 107 cm³/mol. The molecular weight excluding hydrogens is 386 g/mol. The zero-order valence-corrected chi connectivity index (χ0v) is 15.9. The number of para-hydroxylation sites is 1. The van der Waals surface area contributed by atoms with Crippen molar-refractivity contribution < 1.29 is 14.3 Å². The van der Waals surface area contributed by atoms with Crippen molar-refractivity contribution in [3.05, 3.63) is 70.2 Å². The van der Waals surface area contributed by atoms with Gasteiger partial charge >= 0.3 is 0 Å². The molecule has 2 amide bonds. The Morgan fingerprint density at radius 2 is 1.89 bits per heavy atom. The Morgan fingerprint density at radius 1 is 1.11 bits per heavy atom. The van der Waals surface area contributed by atoms with Crippen LogP contribution in [0.3, 0.4) is 0 Å². The number of nitrogens with zero attached hydrogens (tertiary/aromatic N) is 1. The number of benzene rings is 2. The summed E-state index contributed by atoms with van der Waals surface area (Å²) in [4.78, 5) is 29.3. The van der Waals surface area contributed by atoms with E-state index in [1.165, 1.54) is 11.3 Å². The number of hydrogen-bond acceptors (Lipinski definition) is 5. The molecule has 0 saturated carbocycles. The number of halogens is 1. The smallest absolute Gasteiger partial charge is 0.259 e. The van der Waals surface area contributed by atoms with E-state index in [2.05, 4.69) is 15.6 Å². The number of amides is 2. The average Bonchev–Trinajstić information content (AvgIpc) is 3.15. The lowest BCUT2D eigenvalue weighted by Gasteiger charge is -2.13. The standard InChI is InChI=1S/C19H16ClN3O3S/c1-2-26-16-11-12(20)7-8-14(16)18(25)22-15-6-4-3-5-13(15)17(24)23-19-21-9-10-27-19/h3-11H,2H2,1H3,(H,22,25)(H,21,23,24). The molecule has 0 aliphatic heterocycles. The minimum atomic E-state index is -0.399. The lowest BCUT2D eigenvalue weighted by Crippen LogP contribution is -2.18. The molecule has 0 aliphatic carbocycles. The molecule has 27 heavy (non-hydrogen) atoms. The number of carbonyl (C=O) groups is 2. The number of rotatable bonds is 6. The fraction of sp³-hybridized carbons (Fsp3) is 0.105. The van der Waals surface area contributed by atoms with Gasteiger partial charge in [0, 0.05) is 16.6 Å². The van der Waals surface area contributed by atoms with Crippen molar-refractivity contribution in [2.24, 2.45) is 0 Å². The number of hydrogen-bond donors (Lipinski definition) is 2. The third-order valence-electron chi connectivity index (χ3n) is 3.56. The molecule has 2 aromatic carbocycles. The van der Waals surface area contributed by atoms with Gasteiger partial charge < -0.3 is 10.1 Å². The molecule has 8 heteroatoms. The summed E-state index contributed by atoms with van der Waals surface area (Å²) in [5.74, 6) is -0.376. The van der Waals surface area contributed by atoms with E-state index >= 15 is 0 Å². The summed E-state index contributed by atoms with van der Waals surface area (Å²) >= 11 is 7.29. The quantitative estimate of drug-likeness (QED) is 0.627. The normalized spacial score (nSPS) is 10.3. The van der Waals surface area contributed by atoms with Crippen molar-refractivity contribution >= 4 is 45.6 Å². The molecule has 0 aliphatic rings. The van der Waals surface area contributed by atoms with Crippen molar-refractivity contribution in [3.8, 4) is 5.75 Å². The van der Waals surface area contributed by atoms with Crippen LogP contribution in [0.4, 0.5) is 10.8 Å². The maximum absolute atomic E-state index is 12.7. The molecular formula is C19H16ClN3O3S. The molecule has 0 bridgehead atoms. The van der Waals surface area contributed by atoms with Crippen LogP contribution in [0.5, 0.6) is 5.75 Å². The molecule has 0 unspecified atom stereocenters. The highest BCUT2D eigenvalue weighted by Gasteiger charge is 2.17. The summed E-state index contributed by atoms with van der Waals surface area (Å²) in [6.45, 7) is 2.22. The number of carbonyl (C=O) groups excluding carboxylic acids is 2. The van der Waals surface area contributed by atoms with Gasteiger partial charge in [-0.2, -0.15) is 0 Å². The van der Waals surface area contributed by atoms with Gasteiger partial charge in [-0.05, 0) is 37.3 Å². The summed E-state index contributed by atoms with van der Waals surface area (Å²) in [5, 5.41) is 8.19. The third-order valence-corrected chi connectivity index (χ3v) is 4.48. The van der Waals surface area contributed by atoms with Crippen LogP contribution in [0.1, 0.15) is 27.6 Å². The van der Waals surface area contributed by atoms with Crippen molar-refractivity contribution in [2.45, 2.75) is 6.92 Å². The Labute approximate surface area is 165 Å². The zero-order chi connectivity index (χ0) is 19.2. The minimum Gasteiger partial charge on any atom is -0.493 e. The van der Waals surface area contributed by atoms with E-state index in [1.807, 2.05) is 6.92 Å². The summed E-state index contributed by atoms with van der Waals surface area (Å²) in [6, 6.07) is 11.5. The van der Waals surface area contributed by atoms with E-state index in [0.29, 0.717) is 39.3 Å². The van der Waals surface area contributed by atoms with Gasteiger partial charge in [0.15, 0.2) is 5.13 Å².